The first-order valence-electron chi connectivity index (χ1n) is 9.03. The van der Waals surface area contributed by atoms with Gasteiger partial charge in [-0.25, -0.2) is 9.59 Å². The summed E-state index contributed by atoms with van der Waals surface area (Å²) >= 11 is 0. The van der Waals surface area contributed by atoms with Gasteiger partial charge in [-0.2, -0.15) is 0 Å². The molecule has 3 atom stereocenters. The fourth-order valence-electron chi connectivity index (χ4n) is 4.13. The molecule has 0 aromatic carbocycles. The molecule has 0 saturated heterocycles. The van der Waals surface area contributed by atoms with Gasteiger partial charge in [0.25, 0.3) is 0 Å². The van der Waals surface area contributed by atoms with Crippen molar-refractivity contribution >= 4 is 12.1 Å². The second-order valence-electron chi connectivity index (χ2n) is 8.44. The Morgan fingerprint density at radius 3 is 2.54 bits per heavy atom. The summed E-state index contributed by atoms with van der Waals surface area (Å²) in [6, 6.07) is -0.956. The number of unbranched alkanes of at least 4 members (excludes halogenated alkanes) is 1. The summed E-state index contributed by atoms with van der Waals surface area (Å²) < 4.78 is 5.67. The Balaban J connectivity index is 1.93. The number of hydrogen-bond donors (Lipinski definition) is 2. The summed E-state index contributed by atoms with van der Waals surface area (Å²) in [6.07, 6.45) is 7.75. The molecule has 3 rings (SSSR count). The van der Waals surface area contributed by atoms with Crippen LogP contribution in [-0.4, -0.2) is 29.3 Å². The van der Waals surface area contributed by atoms with Gasteiger partial charge in [-0.05, 0) is 61.7 Å². The molecule has 5 nitrogen and oxygen atoms in total. The summed E-state index contributed by atoms with van der Waals surface area (Å²) in [6.45, 7) is 9.14. The fourth-order valence-corrected chi connectivity index (χ4v) is 4.13. The van der Waals surface area contributed by atoms with Crippen LogP contribution in [0.3, 0.4) is 0 Å². The summed E-state index contributed by atoms with van der Waals surface area (Å²) in [5, 5.41) is 11.9. The van der Waals surface area contributed by atoms with Gasteiger partial charge < -0.3 is 15.2 Å². The monoisotopic (exact) mass is 337 g/mol. The Bertz CT molecular complexity index is 476. The first kappa shape index (κ1) is 18.8. The van der Waals surface area contributed by atoms with Crippen molar-refractivity contribution in [2.75, 3.05) is 0 Å². The lowest BCUT2D eigenvalue weighted by molar-refractivity contribution is -0.142. The van der Waals surface area contributed by atoms with E-state index in [0.29, 0.717) is 17.8 Å². The number of nitrogens with one attached hydrogen (secondary N) is 1. The summed E-state index contributed by atoms with van der Waals surface area (Å²) in [5.41, 5.74) is -0.567. The quantitative estimate of drug-likeness (QED) is 0.544. The third-order valence-electron chi connectivity index (χ3n) is 5.50. The molecule has 3 fully saturated rings. The first-order valence-corrected chi connectivity index (χ1v) is 9.03. The topological polar surface area (TPSA) is 75.6 Å². The maximum Gasteiger partial charge on any atom is 0.408 e. The zero-order valence-electron chi connectivity index (χ0n) is 15.1. The lowest BCUT2D eigenvalue weighted by Gasteiger charge is -2.50. The third-order valence-corrected chi connectivity index (χ3v) is 5.50. The molecule has 2 N–H and O–H groups in total. The van der Waals surface area contributed by atoms with E-state index in [1.165, 1.54) is 12.8 Å². The van der Waals surface area contributed by atoms with Gasteiger partial charge in [-0.1, -0.05) is 26.8 Å². The Kier molecular flexibility index (Phi) is 5.94. The molecular formula is C19H31NO4. The number of carbonyl (C=O) groups is 2. The van der Waals surface area contributed by atoms with Crippen molar-refractivity contribution in [1.29, 1.82) is 0 Å². The zero-order valence-corrected chi connectivity index (χ0v) is 15.1. The van der Waals surface area contributed by atoms with Crippen LogP contribution < -0.4 is 5.32 Å². The largest absolute Gasteiger partial charge is 0.480 e. The van der Waals surface area contributed by atoms with E-state index in [-0.39, 0.29) is 6.10 Å². The summed E-state index contributed by atoms with van der Waals surface area (Å²) in [4.78, 5) is 23.6. The number of carboxylic acid groups (broad SMARTS) is 1. The molecule has 0 spiro atoms. The molecule has 0 aromatic rings. The van der Waals surface area contributed by atoms with Crippen molar-refractivity contribution in [2.45, 2.75) is 71.4 Å². The second kappa shape index (κ2) is 7.58. The van der Waals surface area contributed by atoms with Crippen LogP contribution in [-0.2, 0) is 9.53 Å². The number of ether oxygens (including phenoxy) is 1. The molecule has 3 saturated carbocycles. The number of rotatable bonds is 7. The number of carboxylic acids is 1. The highest BCUT2D eigenvalue weighted by Crippen LogP contribution is 2.51. The van der Waals surface area contributed by atoms with Crippen molar-refractivity contribution in [2.24, 2.45) is 23.2 Å². The predicted molar refractivity (Wildman–Crippen MR) is 92.7 cm³/mol. The van der Waals surface area contributed by atoms with Gasteiger partial charge >= 0.3 is 12.1 Å². The van der Waals surface area contributed by atoms with Crippen LogP contribution >= 0.6 is 0 Å². The molecule has 136 valence electrons. The average molecular weight is 337 g/mol. The van der Waals surface area contributed by atoms with Crippen molar-refractivity contribution in [3.05, 3.63) is 12.7 Å². The van der Waals surface area contributed by atoms with Crippen molar-refractivity contribution in [3.8, 4) is 0 Å². The van der Waals surface area contributed by atoms with Crippen molar-refractivity contribution < 1.29 is 19.4 Å². The predicted octanol–water partition coefficient (Wildman–Crippen LogP) is 3.98. The number of amides is 1. The molecule has 1 amide bonds. The SMILES string of the molecule is C=CCCC[C@@H]1C2CC(C2)C[C@H]1OC(=O)N[C@H](C(=O)O)C(C)(C)C. The van der Waals surface area contributed by atoms with Crippen molar-refractivity contribution in [1.82, 2.24) is 5.32 Å². The second-order valence-corrected chi connectivity index (χ2v) is 8.44. The van der Waals surface area contributed by atoms with Gasteiger partial charge in [0.2, 0.25) is 0 Å². The van der Waals surface area contributed by atoms with Crippen LogP contribution in [0, 0.1) is 23.2 Å². The number of aliphatic carboxylic acids is 1. The summed E-state index contributed by atoms with van der Waals surface area (Å²) in [7, 11) is 0. The number of allylic oxidation sites excluding steroid dienone is 1. The molecular weight excluding hydrogens is 306 g/mol. The zero-order chi connectivity index (χ0) is 17.9. The number of hydrogen-bond acceptors (Lipinski definition) is 3. The Hall–Kier alpha value is -1.52. The molecule has 0 aromatic heterocycles. The Morgan fingerprint density at radius 2 is 2.00 bits per heavy atom. The molecule has 0 unspecified atom stereocenters. The van der Waals surface area contributed by atoms with Crippen LogP contribution in [0.4, 0.5) is 4.79 Å². The molecule has 3 aliphatic rings. The molecule has 0 aliphatic heterocycles. The van der Waals surface area contributed by atoms with Gasteiger partial charge in [0.15, 0.2) is 0 Å². The van der Waals surface area contributed by atoms with E-state index in [4.69, 9.17) is 4.74 Å². The molecule has 0 radical (unpaired) electrons. The van der Waals surface area contributed by atoms with E-state index in [0.717, 1.165) is 25.7 Å². The number of alkyl carbamates (subject to hydrolysis) is 1. The average Bonchev–Trinajstić information content (AvgIpc) is 2.43. The highest BCUT2D eigenvalue weighted by Gasteiger charge is 2.47. The van der Waals surface area contributed by atoms with Crippen molar-refractivity contribution in [3.63, 3.8) is 0 Å². The highest BCUT2D eigenvalue weighted by atomic mass is 16.6. The lowest BCUT2D eigenvalue weighted by atomic mass is 9.58. The van der Waals surface area contributed by atoms with E-state index in [2.05, 4.69) is 11.9 Å². The smallest absolute Gasteiger partial charge is 0.408 e. The van der Waals surface area contributed by atoms with Gasteiger partial charge in [0.1, 0.15) is 12.1 Å². The minimum absolute atomic E-state index is 0.0817. The summed E-state index contributed by atoms with van der Waals surface area (Å²) in [5.74, 6) is 0.692. The highest BCUT2D eigenvalue weighted by molar-refractivity contribution is 5.80. The van der Waals surface area contributed by atoms with Gasteiger partial charge in [-0.3, -0.25) is 0 Å². The van der Waals surface area contributed by atoms with Crippen LogP contribution in [0.2, 0.25) is 0 Å². The minimum atomic E-state index is -1.03. The molecule has 0 heterocycles. The van der Waals surface area contributed by atoms with Crippen LogP contribution in [0.5, 0.6) is 0 Å². The van der Waals surface area contributed by atoms with Gasteiger partial charge in [0.05, 0.1) is 0 Å². The fraction of sp³-hybridized carbons (Fsp3) is 0.789. The van der Waals surface area contributed by atoms with Gasteiger partial charge in [0, 0.05) is 0 Å². The minimum Gasteiger partial charge on any atom is -0.480 e. The van der Waals surface area contributed by atoms with E-state index in [9.17, 15) is 14.7 Å². The van der Waals surface area contributed by atoms with Crippen LogP contribution in [0.1, 0.15) is 59.3 Å². The number of fused-ring (bicyclic) bond motifs is 2. The van der Waals surface area contributed by atoms with Crippen LogP contribution in [0.15, 0.2) is 12.7 Å². The maximum atomic E-state index is 12.3. The normalized spacial score (nSPS) is 30.0. The first-order chi connectivity index (χ1) is 11.2. The molecule has 24 heavy (non-hydrogen) atoms. The van der Waals surface area contributed by atoms with E-state index in [1.54, 1.807) is 20.8 Å². The van der Waals surface area contributed by atoms with Gasteiger partial charge in [-0.15, -0.1) is 6.58 Å². The third kappa shape index (κ3) is 4.52. The molecule has 2 bridgehead atoms. The standard InChI is InChI=1S/C19H31NO4/c1-5-6-7-8-14-13-9-12(10-13)11-15(14)24-18(23)20-16(17(21)22)19(2,3)4/h5,12-16H,1,6-11H2,2-4H3,(H,20,23)(H,21,22)/t12?,13?,14-,15-,16-/m1/s1. The van der Waals surface area contributed by atoms with Crippen LogP contribution in [0.25, 0.3) is 0 Å². The van der Waals surface area contributed by atoms with E-state index in [1.807, 2.05) is 6.08 Å². The lowest BCUT2D eigenvalue weighted by Crippen LogP contribution is -2.52. The number of carbonyl (C=O) groups excluding carboxylic acids is 1. The molecule has 5 heteroatoms. The Morgan fingerprint density at radius 1 is 1.33 bits per heavy atom. The van der Waals surface area contributed by atoms with E-state index >= 15 is 0 Å². The van der Waals surface area contributed by atoms with E-state index < -0.39 is 23.5 Å². The Labute approximate surface area is 144 Å². The molecule has 3 aliphatic carbocycles. The maximum absolute atomic E-state index is 12.3.